The molecule has 0 amide bonds. The average molecular weight is 370 g/mol. The Balaban J connectivity index is 2.38. The second-order valence-corrected chi connectivity index (χ2v) is 7.08. The highest BCUT2D eigenvalue weighted by Crippen LogP contribution is 2.26. The highest BCUT2D eigenvalue weighted by molar-refractivity contribution is 8.00. The first-order valence-electron chi connectivity index (χ1n) is 7.96. The molecule has 3 aromatic rings. The molecule has 7 nitrogen and oxygen atoms in total. The summed E-state index contributed by atoms with van der Waals surface area (Å²) in [5, 5.41) is 0.648. The van der Waals surface area contributed by atoms with Crippen LogP contribution in [0.4, 0.5) is 0 Å². The number of rotatable bonds is 4. The third kappa shape index (κ3) is 3.20. The van der Waals surface area contributed by atoms with Crippen LogP contribution in [0.15, 0.2) is 38.9 Å². The fraction of sp³-hybridized carbons (Fsp3) is 0.278. The maximum Gasteiger partial charge on any atom is 0.332 e. The Morgan fingerprint density at radius 1 is 1.15 bits per heavy atom. The first-order valence-corrected chi connectivity index (χ1v) is 8.95. The Hall–Kier alpha value is -2.74. The number of ketones is 1. The Kier molecular flexibility index (Phi) is 4.78. The minimum atomic E-state index is -0.468. The molecule has 0 unspecified atom stereocenters. The normalized spacial score (nSPS) is 11.1. The van der Waals surface area contributed by atoms with Crippen molar-refractivity contribution in [2.75, 3.05) is 5.75 Å². The standard InChI is InChI=1S/C18H18N4O3S/c1-10-6-5-7-12(8-10)14-19-15-13(16(20-14)26-9-11(2)23)17(24)22(4)18(25)21(15)3/h5-8H,9H2,1-4H3. The van der Waals surface area contributed by atoms with E-state index in [1.165, 1.54) is 30.3 Å². The van der Waals surface area contributed by atoms with Crippen LogP contribution in [0.2, 0.25) is 0 Å². The molecule has 26 heavy (non-hydrogen) atoms. The summed E-state index contributed by atoms with van der Waals surface area (Å²) in [5.41, 5.74) is 1.16. The molecular weight excluding hydrogens is 352 g/mol. The van der Waals surface area contributed by atoms with Gasteiger partial charge < -0.3 is 0 Å². The van der Waals surface area contributed by atoms with E-state index in [9.17, 15) is 14.4 Å². The molecule has 0 aliphatic carbocycles. The van der Waals surface area contributed by atoms with Gasteiger partial charge >= 0.3 is 5.69 Å². The van der Waals surface area contributed by atoms with E-state index in [1.807, 2.05) is 31.2 Å². The third-order valence-corrected chi connectivity index (χ3v) is 5.07. The predicted octanol–water partition coefficient (Wildman–Crippen LogP) is 1.68. The first-order chi connectivity index (χ1) is 12.3. The van der Waals surface area contributed by atoms with Gasteiger partial charge in [-0.3, -0.25) is 18.7 Å². The van der Waals surface area contributed by atoms with Gasteiger partial charge in [0.2, 0.25) is 0 Å². The highest BCUT2D eigenvalue weighted by Gasteiger charge is 2.18. The quantitative estimate of drug-likeness (QED) is 0.513. The predicted molar refractivity (Wildman–Crippen MR) is 102 cm³/mol. The van der Waals surface area contributed by atoms with E-state index in [0.29, 0.717) is 10.9 Å². The number of Topliss-reactive ketones (excluding diaryl/α,β-unsaturated/α-hetero) is 1. The Morgan fingerprint density at radius 2 is 1.88 bits per heavy atom. The van der Waals surface area contributed by atoms with Gasteiger partial charge in [-0.05, 0) is 19.9 Å². The molecule has 0 aliphatic rings. The van der Waals surface area contributed by atoms with E-state index in [2.05, 4.69) is 9.97 Å². The van der Waals surface area contributed by atoms with Gasteiger partial charge in [0, 0.05) is 19.7 Å². The maximum absolute atomic E-state index is 12.6. The van der Waals surface area contributed by atoms with Gasteiger partial charge in [0.05, 0.1) is 5.75 Å². The van der Waals surface area contributed by atoms with Crippen molar-refractivity contribution in [2.24, 2.45) is 14.1 Å². The van der Waals surface area contributed by atoms with Crippen LogP contribution in [-0.2, 0) is 18.9 Å². The summed E-state index contributed by atoms with van der Waals surface area (Å²) in [6.07, 6.45) is 0. The Morgan fingerprint density at radius 3 is 2.54 bits per heavy atom. The molecule has 134 valence electrons. The molecule has 0 saturated carbocycles. The van der Waals surface area contributed by atoms with Crippen molar-refractivity contribution in [1.29, 1.82) is 0 Å². The molecular formula is C18H18N4O3S. The summed E-state index contributed by atoms with van der Waals surface area (Å²) in [6.45, 7) is 3.44. The van der Waals surface area contributed by atoms with Crippen LogP contribution < -0.4 is 11.2 Å². The maximum atomic E-state index is 12.6. The summed E-state index contributed by atoms with van der Waals surface area (Å²) in [5.74, 6) is 0.571. The molecule has 0 radical (unpaired) electrons. The number of benzene rings is 1. The number of hydrogen-bond acceptors (Lipinski definition) is 6. The second-order valence-electron chi connectivity index (χ2n) is 6.12. The molecule has 0 bridgehead atoms. The summed E-state index contributed by atoms with van der Waals surface area (Å²) in [4.78, 5) is 45.4. The SMILES string of the molecule is CC(=O)CSc1nc(-c2cccc(C)c2)nc2c1c(=O)n(C)c(=O)n2C. The van der Waals surface area contributed by atoms with Crippen molar-refractivity contribution < 1.29 is 4.79 Å². The van der Waals surface area contributed by atoms with Crippen LogP contribution in [0, 0.1) is 6.92 Å². The number of aryl methyl sites for hydroxylation is 2. The fourth-order valence-corrected chi connectivity index (χ4v) is 3.43. The second kappa shape index (κ2) is 6.87. The van der Waals surface area contributed by atoms with E-state index < -0.39 is 11.2 Å². The van der Waals surface area contributed by atoms with Gasteiger partial charge in [-0.1, -0.05) is 35.5 Å². The zero-order valence-electron chi connectivity index (χ0n) is 14.9. The topological polar surface area (TPSA) is 86.8 Å². The number of aromatic nitrogens is 4. The lowest BCUT2D eigenvalue weighted by Gasteiger charge is -2.12. The molecule has 8 heteroatoms. The number of thioether (sulfide) groups is 1. The molecule has 2 heterocycles. The number of carbonyl (C=O) groups excluding carboxylic acids is 1. The van der Waals surface area contributed by atoms with Crippen LogP contribution in [0.25, 0.3) is 22.4 Å². The lowest BCUT2D eigenvalue weighted by molar-refractivity contribution is -0.114. The van der Waals surface area contributed by atoms with E-state index in [-0.39, 0.29) is 22.6 Å². The van der Waals surface area contributed by atoms with E-state index >= 15 is 0 Å². The molecule has 0 spiro atoms. The number of nitrogens with zero attached hydrogens (tertiary/aromatic N) is 4. The summed E-state index contributed by atoms with van der Waals surface area (Å²) >= 11 is 1.18. The fourth-order valence-electron chi connectivity index (χ4n) is 2.62. The van der Waals surface area contributed by atoms with Gasteiger partial charge in [-0.2, -0.15) is 0 Å². The van der Waals surface area contributed by atoms with Crippen molar-refractivity contribution in [2.45, 2.75) is 18.9 Å². The first kappa shape index (κ1) is 18.1. The monoisotopic (exact) mass is 370 g/mol. The highest BCUT2D eigenvalue weighted by atomic mass is 32.2. The van der Waals surface area contributed by atoms with Crippen molar-refractivity contribution in [3.8, 4) is 11.4 Å². The smallest absolute Gasteiger partial charge is 0.299 e. The van der Waals surface area contributed by atoms with Gasteiger partial charge in [0.1, 0.15) is 16.2 Å². The molecule has 0 atom stereocenters. The molecule has 0 fully saturated rings. The molecule has 0 aliphatic heterocycles. The number of carbonyl (C=O) groups is 1. The van der Waals surface area contributed by atoms with Crippen molar-refractivity contribution in [1.82, 2.24) is 19.1 Å². The van der Waals surface area contributed by atoms with Gasteiger partial charge in [0.25, 0.3) is 5.56 Å². The largest absolute Gasteiger partial charge is 0.332 e. The molecule has 2 aromatic heterocycles. The lowest BCUT2D eigenvalue weighted by Crippen LogP contribution is -2.37. The van der Waals surface area contributed by atoms with Gasteiger partial charge in [-0.15, -0.1) is 0 Å². The third-order valence-electron chi connectivity index (χ3n) is 3.96. The number of fused-ring (bicyclic) bond motifs is 1. The van der Waals surface area contributed by atoms with E-state index in [0.717, 1.165) is 15.7 Å². The summed E-state index contributed by atoms with van der Waals surface area (Å²) in [6, 6.07) is 7.65. The van der Waals surface area contributed by atoms with Gasteiger partial charge in [0.15, 0.2) is 11.5 Å². The average Bonchev–Trinajstić information content (AvgIpc) is 2.62. The van der Waals surface area contributed by atoms with Crippen molar-refractivity contribution in [3.63, 3.8) is 0 Å². The van der Waals surface area contributed by atoms with Gasteiger partial charge in [-0.25, -0.2) is 14.8 Å². The minimum absolute atomic E-state index is 0.0273. The van der Waals surface area contributed by atoms with Crippen LogP contribution in [0.1, 0.15) is 12.5 Å². The molecule has 1 aromatic carbocycles. The van der Waals surface area contributed by atoms with Crippen molar-refractivity contribution >= 4 is 28.6 Å². The number of hydrogen-bond donors (Lipinski definition) is 0. The van der Waals surface area contributed by atoms with Crippen LogP contribution >= 0.6 is 11.8 Å². The zero-order chi connectivity index (χ0) is 19.0. The zero-order valence-corrected chi connectivity index (χ0v) is 15.8. The van der Waals surface area contributed by atoms with Crippen LogP contribution in [-0.4, -0.2) is 30.6 Å². The van der Waals surface area contributed by atoms with Crippen LogP contribution in [0.3, 0.4) is 0 Å². The molecule has 0 N–H and O–H groups in total. The van der Waals surface area contributed by atoms with E-state index in [1.54, 1.807) is 7.05 Å². The summed E-state index contributed by atoms with van der Waals surface area (Å²) < 4.78 is 2.35. The van der Waals surface area contributed by atoms with Crippen LogP contribution in [0.5, 0.6) is 0 Å². The van der Waals surface area contributed by atoms with E-state index in [4.69, 9.17) is 0 Å². The Bertz CT molecular complexity index is 1150. The van der Waals surface area contributed by atoms with Crippen molar-refractivity contribution in [3.05, 3.63) is 50.7 Å². The minimum Gasteiger partial charge on any atom is -0.299 e. The summed E-state index contributed by atoms with van der Waals surface area (Å²) in [7, 11) is 2.98. The lowest BCUT2D eigenvalue weighted by atomic mass is 10.1. The Labute approximate surface area is 153 Å². The molecule has 3 rings (SSSR count). The molecule has 0 saturated heterocycles.